The molecule has 1 N–H and O–H groups in total. The maximum atomic E-state index is 11.9. The maximum absolute atomic E-state index is 11.9. The summed E-state index contributed by atoms with van der Waals surface area (Å²) in [5.41, 5.74) is 3.51. The van der Waals surface area contributed by atoms with Crippen LogP contribution in [-0.4, -0.2) is 25.7 Å². The highest BCUT2D eigenvalue weighted by Crippen LogP contribution is 2.34. The van der Waals surface area contributed by atoms with Crippen LogP contribution >= 0.6 is 0 Å². The van der Waals surface area contributed by atoms with Gasteiger partial charge in [-0.15, -0.1) is 0 Å². The molecule has 0 aliphatic carbocycles. The summed E-state index contributed by atoms with van der Waals surface area (Å²) in [5, 5.41) is 0. The Balaban J connectivity index is 1.74. The molecular formula is C17H21N3O2S. The molecule has 0 bridgehead atoms. The lowest BCUT2D eigenvalue weighted by molar-refractivity contribution is 0.597. The predicted octanol–water partition coefficient (Wildman–Crippen LogP) is 3.32. The number of anilines is 3. The second-order valence-electron chi connectivity index (χ2n) is 5.71. The number of fused-ring (bicyclic) bond motifs is 1. The molecule has 1 aliphatic rings. The summed E-state index contributed by atoms with van der Waals surface area (Å²) in [6.45, 7) is 2.89. The minimum atomic E-state index is -3.30. The molecule has 1 aromatic heterocycles. The monoisotopic (exact) mass is 331 g/mol. The van der Waals surface area contributed by atoms with Crippen molar-refractivity contribution >= 4 is 27.2 Å². The van der Waals surface area contributed by atoms with Gasteiger partial charge in [-0.2, -0.15) is 0 Å². The Labute approximate surface area is 137 Å². The van der Waals surface area contributed by atoms with E-state index >= 15 is 0 Å². The van der Waals surface area contributed by atoms with Crippen LogP contribution in [0.15, 0.2) is 42.6 Å². The van der Waals surface area contributed by atoms with Gasteiger partial charge in [-0.1, -0.05) is 31.5 Å². The molecule has 2 heterocycles. The largest absolute Gasteiger partial charge is 0.340 e. The number of para-hydroxylation sites is 1. The highest BCUT2D eigenvalue weighted by atomic mass is 32.2. The molecular weight excluding hydrogens is 310 g/mol. The van der Waals surface area contributed by atoms with Crippen LogP contribution in [0.4, 0.5) is 17.2 Å². The summed E-state index contributed by atoms with van der Waals surface area (Å²) < 4.78 is 26.3. The lowest BCUT2D eigenvalue weighted by Gasteiger charge is -2.19. The smallest absolute Gasteiger partial charge is 0.233 e. The highest BCUT2D eigenvalue weighted by Gasteiger charge is 2.20. The first kappa shape index (κ1) is 15.8. The molecule has 0 amide bonds. The average molecular weight is 331 g/mol. The molecule has 0 radical (unpaired) electrons. The Morgan fingerprint density at radius 3 is 2.78 bits per heavy atom. The van der Waals surface area contributed by atoms with Gasteiger partial charge >= 0.3 is 0 Å². The van der Waals surface area contributed by atoms with E-state index in [4.69, 9.17) is 0 Å². The first-order chi connectivity index (χ1) is 11.1. The third kappa shape index (κ3) is 3.64. The number of pyridine rings is 1. The van der Waals surface area contributed by atoms with Crippen molar-refractivity contribution in [3.63, 3.8) is 0 Å². The average Bonchev–Trinajstić information content (AvgIpc) is 2.97. The lowest BCUT2D eigenvalue weighted by atomic mass is 10.2. The zero-order chi connectivity index (χ0) is 16.3. The number of rotatable bonds is 6. The van der Waals surface area contributed by atoms with E-state index in [9.17, 15) is 8.42 Å². The van der Waals surface area contributed by atoms with Gasteiger partial charge < -0.3 is 4.90 Å². The predicted molar refractivity (Wildman–Crippen MR) is 93.7 cm³/mol. The third-order valence-corrected chi connectivity index (χ3v) is 5.32. The molecule has 0 saturated carbocycles. The van der Waals surface area contributed by atoms with Crippen LogP contribution < -0.4 is 9.62 Å². The van der Waals surface area contributed by atoms with E-state index in [1.165, 1.54) is 11.3 Å². The van der Waals surface area contributed by atoms with Crippen molar-refractivity contribution in [2.45, 2.75) is 26.2 Å². The molecule has 0 unspecified atom stereocenters. The zero-order valence-electron chi connectivity index (χ0n) is 13.2. The summed E-state index contributed by atoms with van der Waals surface area (Å²) in [6.07, 6.45) is 4.24. The van der Waals surface area contributed by atoms with Crippen molar-refractivity contribution < 1.29 is 8.42 Å². The van der Waals surface area contributed by atoms with E-state index in [1.807, 2.05) is 19.1 Å². The van der Waals surface area contributed by atoms with Crippen LogP contribution in [0.2, 0.25) is 0 Å². The summed E-state index contributed by atoms with van der Waals surface area (Å²) in [4.78, 5) is 6.46. The van der Waals surface area contributed by atoms with Gasteiger partial charge in [-0.25, -0.2) is 13.4 Å². The van der Waals surface area contributed by atoms with Gasteiger partial charge in [-0.05, 0) is 36.6 Å². The van der Waals surface area contributed by atoms with Gasteiger partial charge in [0.1, 0.15) is 5.82 Å². The van der Waals surface area contributed by atoms with Gasteiger partial charge in [0, 0.05) is 12.2 Å². The van der Waals surface area contributed by atoms with E-state index < -0.39 is 10.0 Å². The number of nitrogens with zero attached hydrogens (tertiary/aromatic N) is 2. The normalized spacial score (nSPS) is 13.9. The molecule has 1 aliphatic heterocycles. The van der Waals surface area contributed by atoms with Gasteiger partial charge in [0.2, 0.25) is 10.0 Å². The van der Waals surface area contributed by atoms with Crippen LogP contribution in [0.3, 0.4) is 0 Å². The van der Waals surface area contributed by atoms with Crippen LogP contribution in [0.1, 0.15) is 25.3 Å². The van der Waals surface area contributed by atoms with Gasteiger partial charge in [0.25, 0.3) is 0 Å². The number of nitrogens with one attached hydrogen (secondary N) is 1. The first-order valence-electron chi connectivity index (χ1n) is 7.91. The van der Waals surface area contributed by atoms with E-state index in [2.05, 4.69) is 32.8 Å². The minimum absolute atomic E-state index is 0.131. The van der Waals surface area contributed by atoms with E-state index in [1.54, 1.807) is 12.3 Å². The van der Waals surface area contributed by atoms with Crippen LogP contribution in [0, 0.1) is 0 Å². The highest BCUT2D eigenvalue weighted by molar-refractivity contribution is 7.92. The van der Waals surface area contributed by atoms with Crippen molar-refractivity contribution in [2.75, 3.05) is 21.9 Å². The Kier molecular flexibility index (Phi) is 4.52. The van der Waals surface area contributed by atoms with Gasteiger partial charge in [0.05, 0.1) is 17.6 Å². The molecule has 3 rings (SSSR count). The van der Waals surface area contributed by atoms with Crippen molar-refractivity contribution in [1.82, 2.24) is 4.98 Å². The van der Waals surface area contributed by atoms with Crippen molar-refractivity contribution in [3.8, 4) is 0 Å². The molecule has 122 valence electrons. The fraction of sp³-hybridized carbons (Fsp3) is 0.353. The van der Waals surface area contributed by atoms with Crippen LogP contribution in [0.5, 0.6) is 0 Å². The third-order valence-electron chi connectivity index (χ3n) is 3.97. The molecule has 6 heteroatoms. The number of unbranched alkanes of at least 4 members (excludes halogenated alkanes) is 1. The second kappa shape index (κ2) is 6.58. The maximum Gasteiger partial charge on any atom is 0.233 e. The molecule has 0 saturated heterocycles. The molecule has 2 aromatic rings. The number of benzene rings is 1. The molecule has 23 heavy (non-hydrogen) atoms. The Bertz CT molecular complexity index is 773. The summed E-state index contributed by atoms with van der Waals surface area (Å²) in [5.74, 6) is 0.504. The molecule has 0 spiro atoms. The fourth-order valence-corrected chi connectivity index (χ4v) is 3.97. The lowest BCUT2D eigenvalue weighted by Crippen LogP contribution is -2.18. The number of aromatic nitrogens is 1. The molecule has 5 nitrogen and oxygen atoms in total. The van der Waals surface area contributed by atoms with Crippen molar-refractivity contribution in [1.29, 1.82) is 0 Å². The van der Waals surface area contributed by atoms with Crippen molar-refractivity contribution in [3.05, 3.63) is 48.2 Å². The Morgan fingerprint density at radius 2 is 2.04 bits per heavy atom. The SMILES string of the molecule is CCCCS(=O)(=O)Nc1ccc(N2CCc3ccccc32)cn1. The van der Waals surface area contributed by atoms with Crippen LogP contribution in [0.25, 0.3) is 0 Å². The quantitative estimate of drug-likeness (QED) is 0.882. The summed E-state index contributed by atoms with van der Waals surface area (Å²) in [6, 6.07) is 11.9. The topological polar surface area (TPSA) is 62.3 Å². The zero-order valence-corrected chi connectivity index (χ0v) is 14.0. The van der Waals surface area contributed by atoms with Gasteiger partial charge in [0.15, 0.2) is 0 Å². The fourth-order valence-electron chi connectivity index (χ4n) is 2.76. The van der Waals surface area contributed by atoms with Gasteiger partial charge in [-0.3, -0.25) is 4.72 Å². The minimum Gasteiger partial charge on any atom is -0.340 e. The van der Waals surface area contributed by atoms with Crippen LogP contribution in [-0.2, 0) is 16.4 Å². The first-order valence-corrected chi connectivity index (χ1v) is 9.56. The number of sulfonamides is 1. The second-order valence-corrected chi connectivity index (χ2v) is 7.55. The summed E-state index contributed by atoms with van der Waals surface area (Å²) >= 11 is 0. The van der Waals surface area contributed by atoms with E-state index in [-0.39, 0.29) is 5.75 Å². The molecule has 0 fully saturated rings. The van der Waals surface area contributed by atoms with Crippen molar-refractivity contribution in [2.24, 2.45) is 0 Å². The summed E-state index contributed by atoms with van der Waals surface area (Å²) in [7, 11) is -3.30. The molecule has 1 aromatic carbocycles. The standard InChI is InChI=1S/C17H21N3O2S/c1-2-3-12-23(21,22)19-17-9-8-15(13-18-17)20-11-10-14-6-4-5-7-16(14)20/h4-9,13H,2-3,10-12H2,1H3,(H,18,19). The number of hydrogen-bond donors (Lipinski definition) is 1. The number of hydrogen-bond acceptors (Lipinski definition) is 4. The van der Waals surface area contributed by atoms with E-state index in [0.29, 0.717) is 12.2 Å². The Hall–Kier alpha value is -2.08. The Morgan fingerprint density at radius 1 is 1.22 bits per heavy atom. The molecule has 0 atom stereocenters. The van der Waals surface area contributed by atoms with E-state index in [0.717, 1.165) is 25.1 Å².